The van der Waals surface area contributed by atoms with Gasteiger partial charge in [0, 0.05) is 12.1 Å². The van der Waals surface area contributed by atoms with Crippen molar-refractivity contribution in [2.24, 2.45) is 0 Å². The van der Waals surface area contributed by atoms with Crippen molar-refractivity contribution in [2.45, 2.75) is 44.2 Å². The number of aromatic nitrogens is 1. The molecule has 2 bridgehead atoms. The van der Waals surface area contributed by atoms with Gasteiger partial charge in [0.15, 0.2) is 0 Å². The minimum absolute atomic E-state index is 0.0973. The molecule has 5 nitrogen and oxygen atoms in total. The average molecular weight is 246 g/mol. The van der Waals surface area contributed by atoms with Crippen molar-refractivity contribution < 1.29 is 5.11 Å². The molecule has 96 valence electrons. The molecule has 1 aromatic rings. The highest BCUT2D eigenvalue weighted by Gasteiger charge is 2.38. The summed E-state index contributed by atoms with van der Waals surface area (Å²) in [6, 6.07) is 3.91. The topological polar surface area (TPSA) is 76.1 Å². The quantitative estimate of drug-likeness (QED) is 0.479. The molecule has 2 aliphatic rings. The van der Waals surface area contributed by atoms with E-state index in [9.17, 15) is 5.11 Å². The summed E-state index contributed by atoms with van der Waals surface area (Å²) in [5.74, 6) is 0.434. The molecule has 2 aliphatic heterocycles. The molecule has 0 saturated carbocycles. The lowest BCUT2D eigenvalue weighted by Gasteiger charge is -2.36. The maximum atomic E-state index is 9.51. The Morgan fingerprint density at radius 3 is 2.50 bits per heavy atom. The van der Waals surface area contributed by atoms with E-state index in [1.165, 1.54) is 29.3 Å². The van der Waals surface area contributed by atoms with Crippen molar-refractivity contribution in [3.05, 3.63) is 23.8 Å². The molecule has 0 amide bonds. The summed E-state index contributed by atoms with van der Waals surface area (Å²) in [4.78, 5) is 2.14. The van der Waals surface area contributed by atoms with Gasteiger partial charge in [-0.15, -0.1) is 0 Å². The highest BCUT2D eigenvalue weighted by atomic mass is 16.3. The molecular formula is C13H18N4O. The number of piperidine rings is 1. The summed E-state index contributed by atoms with van der Waals surface area (Å²) in [6.07, 6.45) is 7.30. The van der Waals surface area contributed by atoms with Crippen LogP contribution in [-0.2, 0) is 0 Å². The molecule has 18 heavy (non-hydrogen) atoms. The first-order chi connectivity index (χ1) is 8.66. The zero-order valence-corrected chi connectivity index (χ0v) is 10.3. The van der Waals surface area contributed by atoms with Crippen molar-refractivity contribution in [1.29, 1.82) is 10.8 Å². The highest BCUT2D eigenvalue weighted by Crippen LogP contribution is 2.35. The van der Waals surface area contributed by atoms with Crippen LogP contribution in [-0.4, -0.2) is 32.6 Å². The molecule has 3 heterocycles. The monoisotopic (exact) mass is 246 g/mol. The number of hydrogen-bond donors (Lipinski definition) is 3. The van der Waals surface area contributed by atoms with Gasteiger partial charge in [0.25, 0.3) is 0 Å². The molecule has 2 unspecified atom stereocenters. The van der Waals surface area contributed by atoms with Crippen LogP contribution >= 0.6 is 0 Å². The van der Waals surface area contributed by atoms with Gasteiger partial charge in [-0.1, -0.05) is 0 Å². The van der Waals surface area contributed by atoms with Crippen LogP contribution in [0.4, 0.5) is 0 Å². The Hall–Kier alpha value is -1.78. The lowest BCUT2D eigenvalue weighted by atomic mass is 10.0. The molecule has 2 saturated heterocycles. The van der Waals surface area contributed by atoms with Crippen LogP contribution in [0, 0.1) is 10.8 Å². The number of fused-ring (bicyclic) bond motifs is 2. The Morgan fingerprint density at radius 2 is 1.83 bits per heavy atom. The third kappa shape index (κ3) is 1.70. The molecule has 0 spiro atoms. The van der Waals surface area contributed by atoms with Crippen LogP contribution < -0.4 is 5.49 Å². The first-order valence-corrected chi connectivity index (χ1v) is 6.50. The van der Waals surface area contributed by atoms with Gasteiger partial charge in [0.2, 0.25) is 5.96 Å². The second kappa shape index (κ2) is 4.15. The fourth-order valence-electron chi connectivity index (χ4n) is 3.25. The van der Waals surface area contributed by atoms with Crippen LogP contribution in [0.25, 0.3) is 0 Å². The predicted octanol–water partition coefficient (Wildman–Crippen LogP) is 1.47. The first kappa shape index (κ1) is 11.3. The van der Waals surface area contributed by atoms with Crippen molar-refractivity contribution >= 4 is 5.96 Å². The number of hydrogen-bond acceptors (Lipinski definition) is 3. The van der Waals surface area contributed by atoms with E-state index < -0.39 is 0 Å². The van der Waals surface area contributed by atoms with E-state index in [0.717, 1.165) is 25.7 Å². The summed E-state index contributed by atoms with van der Waals surface area (Å²) >= 11 is 0. The zero-order valence-electron chi connectivity index (χ0n) is 10.3. The smallest absolute Gasteiger partial charge is 0.204 e. The molecule has 0 aromatic carbocycles. The van der Waals surface area contributed by atoms with E-state index in [1.807, 2.05) is 0 Å². The molecule has 3 rings (SSSR count). The van der Waals surface area contributed by atoms with Gasteiger partial charge in [0.1, 0.15) is 11.2 Å². The van der Waals surface area contributed by atoms with Gasteiger partial charge < -0.3 is 10.0 Å². The molecule has 2 fully saturated rings. The van der Waals surface area contributed by atoms with Crippen LogP contribution in [0.5, 0.6) is 5.75 Å². The number of rotatable bonds is 0. The Bertz CT molecular complexity index is 520. The van der Waals surface area contributed by atoms with Crippen LogP contribution in [0.2, 0.25) is 0 Å². The lowest BCUT2D eigenvalue weighted by molar-refractivity contribution is 0.227. The fourth-order valence-corrected chi connectivity index (χ4v) is 3.25. The summed E-state index contributed by atoms with van der Waals surface area (Å²) in [5, 5.41) is 25.7. The van der Waals surface area contributed by atoms with Crippen molar-refractivity contribution in [3.8, 4) is 5.75 Å². The highest BCUT2D eigenvalue weighted by molar-refractivity contribution is 5.80. The number of aromatic hydroxyl groups is 1. The third-order valence-corrected chi connectivity index (χ3v) is 4.10. The molecule has 5 heteroatoms. The maximum Gasteiger partial charge on any atom is 0.204 e. The summed E-state index contributed by atoms with van der Waals surface area (Å²) in [7, 11) is 0. The SMILES string of the molecule is N=C(N1C2CCCC1CC2)n1cc(O)ccc1=N. The van der Waals surface area contributed by atoms with E-state index in [1.54, 1.807) is 0 Å². The number of nitrogens with zero attached hydrogens (tertiary/aromatic N) is 2. The minimum Gasteiger partial charge on any atom is -0.506 e. The first-order valence-electron chi connectivity index (χ1n) is 6.50. The molecule has 3 N–H and O–H groups in total. The van der Waals surface area contributed by atoms with Crippen LogP contribution in [0.15, 0.2) is 18.3 Å². The Kier molecular flexibility index (Phi) is 2.61. The summed E-state index contributed by atoms with van der Waals surface area (Å²) in [6.45, 7) is 0. The van der Waals surface area contributed by atoms with Crippen molar-refractivity contribution in [1.82, 2.24) is 9.47 Å². The Morgan fingerprint density at radius 1 is 1.17 bits per heavy atom. The molecule has 0 radical (unpaired) electrons. The second-order valence-corrected chi connectivity index (χ2v) is 5.19. The average Bonchev–Trinajstić information content (AvgIpc) is 2.61. The van der Waals surface area contributed by atoms with Crippen molar-refractivity contribution in [3.63, 3.8) is 0 Å². The second-order valence-electron chi connectivity index (χ2n) is 5.19. The van der Waals surface area contributed by atoms with Gasteiger partial charge >= 0.3 is 0 Å². The predicted molar refractivity (Wildman–Crippen MR) is 67.6 cm³/mol. The van der Waals surface area contributed by atoms with E-state index in [0.29, 0.717) is 18.0 Å². The maximum absolute atomic E-state index is 9.51. The summed E-state index contributed by atoms with van der Waals surface area (Å²) < 4.78 is 1.46. The van der Waals surface area contributed by atoms with E-state index >= 15 is 0 Å². The Labute approximate surface area is 106 Å². The van der Waals surface area contributed by atoms with E-state index in [-0.39, 0.29) is 11.2 Å². The molecular weight excluding hydrogens is 228 g/mol. The summed E-state index contributed by atoms with van der Waals surface area (Å²) in [5.41, 5.74) is 0.239. The minimum atomic E-state index is 0.0973. The van der Waals surface area contributed by atoms with Gasteiger partial charge in [0.05, 0.1) is 6.20 Å². The van der Waals surface area contributed by atoms with Gasteiger partial charge in [-0.05, 0) is 44.2 Å². The Balaban J connectivity index is 1.95. The van der Waals surface area contributed by atoms with Crippen LogP contribution in [0.1, 0.15) is 32.1 Å². The van der Waals surface area contributed by atoms with E-state index in [4.69, 9.17) is 10.8 Å². The van der Waals surface area contributed by atoms with E-state index in [2.05, 4.69) is 4.90 Å². The van der Waals surface area contributed by atoms with Gasteiger partial charge in [-0.3, -0.25) is 15.4 Å². The lowest BCUT2D eigenvalue weighted by Crippen LogP contribution is -2.48. The zero-order chi connectivity index (χ0) is 12.7. The number of pyridine rings is 1. The standard InChI is InChI=1S/C13H18N4O/c14-12-7-6-11(18)8-16(12)13(15)17-9-2-1-3-10(17)5-4-9/h6-10,14-15,18H,1-5H2. The number of nitrogens with one attached hydrogen (secondary N) is 2. The molecule has 2 atom stereocenters. The molecule has 0 aliphatic carbocycles. The van der Waals surface area contributed by atoms with Crippen molar-refractivity contribution in [2.75, 3.05) is 0 Å². The fraction of sp³-hybridized carbons (Fsp3) is 0.538. The largest absolute Gasteiger partial charge is 0.506 e. The van der Waals surface area contributed by atoms with Gasteiger partial charge in [-0.25, -0.2) is 0 Å². The van der Waals surface area contributed by atoms with Gasteiger partial charge in [-0.2, -0.15) is 0 Å². The third-order valence-electron chi connectivity index (χ3n) is 4.10. The molecule has 1 aromatic heterocycles. The van der Waals surface area contributed by atoms with Crippen LogP contribution in [0.3, 0.4) is 0 Å². The normalized spacial score (nSPS) is 26.3.